The molecule has 1 saturated carbocycles. The van der Waals surface area contributed by atoms with Crippen LogP contribution in [0.1, 0.15) is 32.1 Å². The van der Waals surface area contributed by atoms with E-state index in [2.05, 4.69) is 18.5 Å². The number of piperidine rings is 1. The van der Waals surface area contributed by atoms with Crippen LogP contribution in [0.3, 0.4) is 0 Å². The Kier molecular flexibility index (Phi) is 2.22. The fraction of sp³-hybridized carbons (Fsp3) is 0.818. The second-order valence-electron chi connectivity index (χ2n) is 4.44. The summed E-state index contributed by atoms with van der Waals surface area (Å²) in [6, 6.07) is 0.833. The number of fused-ring (bicyclic) bond motifs is 1. The van der Waals surface area contributed by atoms with Crippen LogP contribution in [-0.4, -0.2) is 24.5 Å². The summed E-state index contributed by atoms with van der Waals surface area (Å²) in [6.07, 6.45) is 6.82. The molecular formula is C11H19N. The molecule has 0 bridgehead atoms. The van der Waals surface area contributed by atoms with Gasteiger partial charge in [-0.2, -0.15) is 0 Å². The van der Waals surface area contributed by atoms with Crippen molar-refractivity contribution in [2.75, 3.05) is 13.6 Å². The van der Waals surface area contributed by atoms with Crippen LogP contribution in [0.5, 0.6) is 0 Å². The summed E-state index contributed by atoms with van der Waals surface area (Å²) in [5, 5.41) is 0. The predicted octanol–water partition coefficient (Wildman–Crippen LogP) is 2.44. The van der Waals surface area contributed by atoms with Gasteiger partial charge in [0.25, 0.3) is 0 Å². The van der Waals surface area contributed by atoms with Crippen molar-refractivity contribution in [1.82, 2.24) is 4.90 Å². The number of nitrogens with zero attached hydrogens (tertiary/aromatic N) is 1. The molecule has 0 aromatic rings. The lowest BCUT2D eigenvalue weighted by Crippen LogP contribution is -2.44. The standard InChI is InChI=1S/C11H19N/c1-9-5-6-10-4-3-7-12(2)11(10)8-9/h10-11H,1,3-8H2,2H3. The van der Waals surface area contributed by atoms with E-state index < -0.39 is 0 Å². The first kappa shape index (κ1) is 8.31. The van der Waals surface area contributed by atoms with E-state index in [1.807, 2.05) is 0 Å². The van der Waals surface area contributed by atoms with Gasteiger partial charge in [-0.1, -0.05) is 12.2 Å². The van der Waals surface area contributed by atoms with Gasteiger partial charge in [0.2, 0.25) is 0 Å². The summed E-state index contributed by atoms with van der Waals surface area (Å²) in [5.74, 6) is 0.981. The average molecular weight is 165 g/mol. The van der Waals surface area contributed by atoms with Gasteiger partial charge in [-0.25, -0.2) is 0 Å². The molecule has 1 aliphatic carbocycles. The molecule has 2 unspecified atom stereocenters. The molecule has 0 amide bonds. The molecule has 2 fully saturated rings. The highest BCUT2D eigenvalue weighted by molar-refractivity contribution is 5.05. The zero-order chi connectivity index (χ0) is 8.55. The van der Waals surface area contributed by atoms with Crippen LogP contribution < -0.4 is 0 Å². The average Bonchev–Trinajstić information content (AvgIpc) is 2.07. The Labute approximate surface area is 75.4 Å². The van der Waals surface area contributed by atoms with E-state index in [1.165, 1.54) is 44.2 Å². The minimum absolute atomic E-state index is 0.833. The molecule has 0 spiro atoms. The van der Waals surface area contributed by atoms with Crippen LogP contribution in [0.2, 0.25) is 0 Å². The van der Waals surface area contributed by atoms with E-state index in [-0.39, 0.29) is 0 Å². The Bertz CT molecular complexity index is 185. The minimum Gasteiger partial charge on any atom is -0.303 e. The molecule has 1 nitrogen and oxygen atoms in total. The smallest absolute Gasteiger partial charge is 0.0158 e. The van der Waals surface area contributed by atoms with Gasteiger partial charge in [0.05, 0.1) is 0 Å². The molecule has 1 aliphatic heterocycles. The van der Waals surface area contributed by atoms with E-state index >= 15 is 0 Å². The fourth-order valence-electron chi connectivity index (χ4n) is 2.77. The van der Waals surface area contributed by atoms with Crippen molar-refractivity contribution in [3.05, 3.63) is 12.2 Å². The second kappa shape index (κ2) is 3.21. The van der Waals surface area contributed by atoms with Crippen LogP contribution in [0.4, 0.5) is 0 Å². The first-order chi connectivity index (χ1) is 5.77. The van der Waals surface area contributed by atoms with Crippen LogP contribution in [0.25, 0.3) is 0 Å². The topological polar surface area (TPSA) is 3.24 Å². The summed E-state index contributed by atoms with van der Waals surface area (Å²) in [4.78, 5) is 2.54. The maximum Gasteiger partial charge on any atom is 0.0158 e. The third kappa shape index (κ3) is 1.42. The number of hydrogen-bond donors (Lipinski definition) is 0. The zero-order valence-electron chi connectivity index (χ0n) is 8.05. The maximum absolute atomic E-state index is 4.11. The van der Waals surface area contributed by atoms with Gasteiger partial charge in [-0.15, -0.1) is 0 Å². The van der Waals surface area contributed by atoms with Gasteiger partial charge >= 0.3 is 0 Å². The van der Waals surface area contributed by atoms with Crippen LogP contribution in [0.15, 0.2) is 12.2 Å². The van der Waals surface area contributed by atoms with Gasteiger partial charge in [0.1, 0.15) is 0 Å². The lowest BCUT2D eigenvalue weighted by Gasteiger charge is -2.42. The molecule has 2 atom stereocenters. The van der Waals surface area contributed by atoms with Crippen molar-refractivity contribution < 1.29 is 0 Å². The molecule has 1 heterocycles. The quantitative estimate of drug-likeness (QED) is 0.498. The highest BCUT2D eigenvalue weighted by Gasteiger charge is 2.31. The summed E-state index contributed by atoms with van der Waals surface area (Å²) >= 11 is 0. The lowest BCUT2D eigenvalue weighted by molar-refractivity contribution is 0.101. The summed E-state index contributed by atoms with van der Waals surface area (Å²) in [7, 11) is 2.27. The summed E-state index contributed by atoms with van der Waals surface area (Å²) in [6.45, 7) is 5.41. The van der Waals surface area contributed by atoms with E-state index in [1.54, 1.807) is 0 Å². The Hall–Kier alpha value is -0.300. The molecule has 68 valence electrons. The van der Waals surface area contributed by atoms with E-state index in [0.29, 0.717) is 0 Å². The largest absolute Gasteiger partial charge is 0.303 e. The summed E-state index contributed by atoms with van der Waals surface area (Å²) in [5.41, 5.74) is 1.48. The molecule has 1 saturated heterocycles. The fourth-order valence-corrected chi connectivity index (χ4v) is 2.77. The first-order valence-electron chi connectivity index (χ1n) is 5.14. The highest BCUT2D eigenvalue weighted by Crippen LogP contribution is 2.36. The third-order valence-corrected chi connectivity index (χ3v) is 3.56. The van der Waals surface area contributed by atoms with Crippen LogP contribution in [0, 0.1) is 5.92 Å². The van der Waals surface area contributed by atoms with Gasteiger partial charge in [0.15, 0.2) is 0 Å². The van der Waals surface area contributed by atoms with Gasteiger partial charge < -0.3 is 4.90 Å². The van der Waals surface area contributed by atoms with Crippen molar-refractivity contribution in [1.29, 1.82) is 0 Å². The molecule has 0 aromatic heterocycles. The number of rotatable bonds is 0. The van der Waals surface area contributed by atoms with E-state index in [9.17, 15) is 0 Å². The molecule has 0 aromatic carbocycles. The number of hydrogen-bond acceptors (Lipinski definition) is 1. The molecular weight excluding hydrogens is 146 g/mol. The second-order valence-corrected chi connectivity index (χ2v) is 4.44. The molecule has 0 radical (unpaired) electrons. The highest BCUT2D eigenvalue weighted by atomic mass is 15.1. The van der Waals surface area contributed by atoms with Crippen molar-refractivity contribution in [2.45, 2.75) is 38.1 Å². The van der Waals surface area contributed by atoms with E-state index in [4.69, 9.17) is 0 Å². The molecule has 12 heavy (non-hydrogen) atoms. The molecule has 2 rings (SSSR count). The molecule has 0 N–H and O–H groups in total. The predicted molar refractivity (Wildman–Crippen MR) is 52.1 cm³/mol. The Morgan fingerprint density at radius 2 is 2.25 bits per heavy atom. The SMILES string of the molecule is C=C1CCC2CCCN(C)C2C1. The van der Waals surface area contributed by atoms with E-state index in [0.717, 1.165) is 12.0 Å². The Morgan fingerprint density at radius 1 is 1.42 bits per heavy atom. The Balaban J connectivity index is 2.05. The summed E-state index contributed by atoms with van der Waals surface area (Å²) < 4.78 is 0. The normalized spacial score (nSPS) is 37.9. The van der Waals surface area contributed by atoms with Crippen molar-refractivity contribution >= 4 is 0 Å². The minimum atomic E-state index is 0.833. The van der Waals surface area contributed by atoms with Crippen molar-refractivity contribution in [3.8, 4) is 0 Å². The van der Waals surface area contributed by atoms with Crippen molar-refractivity contribution in [3.63, 3.8) is 0 Å². The maximum atomic E-state index is 4.11. The van der Waals surface area contributed by atoms with Gasteiger partial charge in [-0.05, 0) is 51.6 Å². The van der Waals surface area contributed by atoms with Crippen LogP contribution in [-0.2, 0) is 0 Å². The molecule has 1 heteroatoms. The monoisotopic (exact) mass is 165 g/mol. The van der Waals surface area contributed by atoms with Crippen molar-refractivity contribution in [2.24, 2.45) is 5.92 Å². The van der Waals surface area contributed by atoms with Crippen LogP contribution >= 0.6 is 0 Å². The molecule has 2 aliphatic rings. The Morgan fingerprint density at radius 3 is 3.08 bits per heavy atom. The third-order valence-electron chi connectivity index (χ3n) is 3.56. The van der Waals surface area contributed by atoms with Gasteiger partial charge in [0, 0.05) is 6.04 Å². The number of likely N-dealkylation sites (tertiary alicyclic amines) is 1. The lowest BCUT2D eigenvalue weighted by atomic mass is 9.77. The van der Waals surface area contributed by atoms with Gasteiger partial charge in [-0.3, -0.25) is 0 Å². The zero-order valence-corrected chi connectivity index (χ0v) is 8.05. The first-order valence-corrected chi connectivity index (χ1v) is 5.14.